The van der Waals surface area contributed by atoms with E-state index in [0.717, 1.165) is 12.1 Å². The molecule has 0 bridgehead atoms. The maximum absolute atomic E-state index is 13.5. The van der Waals surface area contributed by atoms with Crippen LogP contribution in [0.4, 0.5) is 17.6 Å². The number of hydrogen-bond donors (Lipinski definition) is 0. The van der Waals surface area contributed by atoms with E-state index in [9.17, 15) is 17.6 Å². The molecule has 2 rings (SSSR count). The van der Waals surface area contributed by atoms with Gasteiger partial charge in [-0.2, -0.15) is 0 Å². The van der Waals surface area contributed by atoms with Gasteiger partial charge in [0.1, 0.15) is 11.6 Å². The number of halogens is 4. The molecule has 2 aromatic rings. The second-order valence-electron chi connectivity index (χ2n) is 3.47. The predicted octanol–water partition coefficient (Wildman–Crippen LogP) is 4.19. The summed E-state index contributed by atoms with van der Waals surface area (Å²) in [6.45, 7) is 0. The second kappa shape index (κ2) is 4.68. The van der Waals surface area contributed by atoms with Gasteiger partial charge in [0.2, 0.25) is 0 Å². The molecule has 18 heavy (non-hydrogen) atoms. The Labute approximate surface area is 101 Å². The number of hydrogen-bond acceptors (Lipinski definition) is 1. The Kier molecular flexibility index (Phi) is 3.23. The monoisotopic (exact) mass is 255 g/mol. The smallest absolute Gasteiger partial charge is 0.406 e. The zero-order valence-electron chi connectivity index (χ0n) is 8.96. The maximum Gasteiger partial charge on any atom is 0.573 e. The highest BCUT2D eigenvalue weighted by Crippen LogP contribution is 2.28. The van der Waals surface area contributed by atoms with E-state index in [2.05, 4.69) is 10.8 Å². The fourth-order valence-corrected chi connectivity index (χ4v) is 1.48. The molecule has 0 unspecified atom stereocenters. The Balaban J connectivity index is 2.36. The molecule has 0 saturated carbocycles. The van der Waals surface area contributed by atoms with E-state index in [1.165, 1.54) is 24.3 Å². The van der Waals surface area contributed by atoms with Crippen LogP contribution in [0.3, 0.4) is 0 Å². The standard InChI is InChI=1S/C13H7F4O/c14-12-7-2-1-6-11(12)9-4-3-5-10(8-9)18-13(15,16)17/h1-3,5-8H. The molecule has 0 aliphatic carbocycles. The minimum Gasteiger partial charge on any atom is -0.406 e. The van der Waals surface area contributed by atoms with E-state index in [0.29, 0.717) is 0 Å². The molecule has 0 aromatic heterocycles. The van der Waals surface area contributed by atoms with Gasteiger partial charge >= 0.3 is 6.36 Å². The lowest BCUT2D eigenvalue weighted by molar-refractivity contribution is -0.274. The molecule has 0 N–H and O–H groups in total. The van der Waals surface area contributed by atoms with Crippen LogP contribution in [0.15, 0.2) is 42.5 Å². The van der Waals surface area contributed by atoms with Crippen LogP contribution in [-0.2, 0) is 0 Å². The third-order valence-corrected chi connectivity index (χ3v) is 2.17. The molecule has 0 heterocycles. The Morgan fingerprint density at radius 3 is 2.44 bits per heavy atom. The van der Waals surface area contributed by atoms with Gasteiger partial charge in [-0.1, -0.05) is 24.3 Å². The minimum atomic E-state index is -4.77. The van der Waals surface area contributed by atoms with Gasteiger partial charge in [-0.25, -0.2) is 4.39 Å². The summed E-state index contributed by atoms with van der Waals surface area (Å²) in [6.07, 6.45) is -4.77. The van der Waals surface area contributed by atoms with Crippen molar-refractivity contribution in [3.8, 4) is 16.9 Å². The summed E-state index contributed by atoms with van der Waals surface area (Å²) >= 11 is 0. The quantitative estimate of drug-likeness (QED) is 0.731. The summed E-state index contributed by atoms with van der Waals surface area (Å²) in [4.78, 5) is 0. The van der Waals surface area contributed by atoms with Gasteiger partial charge in [0.15, 0.2) is 0 Å². The van der Waals surface area contributed by atoms with Crippen molar-refractivity contribution in [3.63, 3.8) is 0 Å². The van der Waals surface area contributed by atoms with Gasteiger partial charge in [0, 0.05) is 5.56 Å². The summed E-state index contributed by atoms with van der Waals surface area (Å²) in [5, 5.41) is 0. The number of rotatable bonds is 2. The largest absolute Gasteiger partial charge is 0.573 e. The van der Waals surface area contributed by atoms with Gasteiger partial charge in [-0.15, -0.1) is 13.2 Å². The third-order valence-electron chi connectivity index (χ3n) is 2.17. The summed E-state index contributed by atoms with van der Waals surface area (Å²) in [7, 11) is 0. The molecule has 0 aliphatic heterocycles. The predicted molar refractivity (Wildman–Crippen MR) is 57.4 cm³/mol. The van der Waals surface area contributed by atoms with Crippen molar-refractivity contribution in [1.82, 2.24) is 0 Å². The van der Waals surface area contributed by atoms with E-state index < -0.39 is 17.9 Å². The molecular weight excluding hydrogens is 248 g/mol. The Morgan fingerprint density at radius 1 is 1.06 bits per heavy atom. The molecule has 5 heteroatoms. The van der Waals surface area contributed by atoms with Gasteiger partial charge in [-0.05, 0) is 29.8 Å². The van der Waals surface area contributed by atoms with Crippen LogP contribution < -0.4 is 4.74 Å². The number of alkyl halides is 3. The van der Waals surface area contributed by atoms with Crippen molar-refractivity contribution in [2.24, 2.45) is 0 Å². The van der Waals surface area contributed by atoms with Crippen LogP contribution in [-0.4, -0.2) is 6.36 Å². The summed E-state index contributed by atoms with van der Waals surface area (Å²) in [6, 6.07) is 11.9. The topological polar surface area (TPSA) is 9.23 Å². The zero-order chi connectivity index (χ0) is 13.2. The van der Waals surface area contributed by atoms with Crippen molar-refractivity contribution in [2.45, 2.75) is 6.36 Å². The van der Waals surface area contributed by atoms with Crippen LogP contribution in [0.5, 0.6) is 5.75 Å². The fraction of sp³-hybridized carbons (Fsp3) is 0.0769. The Morgan fingerprint density at radius 2 is 1.78 bits per heavy atom. The van der Waals surface area contributed by atoms with Gasteiger partial charge in [0.25, 0.3) is 0 Å². The number of benzene rings is 2. The maximum atomic E-state index is 13.5. The minimum absolute atomic E-state index is 0.171. The van der Waals surface area contributed by atoms with Crippen molar-refractivity contribution < 1.29 is 22.3 Å². The van der Waals surface area contributed by atoms with Crippen molar-refractivity contribution >= 4 is 0 Å². The lowest BCUT2D eigenvalue weighted by atomic mass is 10.1. The first-order valence-corrected chi connectivity index (χ1v) is 4.98. The molecule has 0 saturated heterocycles. The third kappa shape index (κ3) is 3.00. The van der Waals surface area contributed by atoms with E-state index in [1.54, 1.807) is 6.07 Å². The molecule has 0 amide bonds. The molecular formula is C13H7F4O. The van der Waals surface area contributed by atoms with Crippen LogP contribution in [0, 0.1) is 11.9 Å². The summed E-state index contributed by atoms with van der Waals surface area (Å²) < 4.78 is 53.4. The highest BCUT2D eigenvalue weighted by atomic mass is 19.4. The normalized spacial score (nSPS) is 11.3. The summed E-state index contributed by atoms with van der Waals surface area (Å²) in [5.41, 5.74) is 0.375. The van der Waals surface area contributed by atoms with Crippen LogP contribution in [0.25, 0.3) is 11.1 Å². The van der Waals surface area contributed by atoms with Crippen LogP contribution >= 0.6 is 0 Å². The molecule has 93 valence electrons. The molecule has 0 aliphatic rings. The van der Waals surface area contributed by atoms with Gasteiger partial charge < -0.3 is 4.74 Å². The Bertz CT molecular complexity index is 549. The highest BCUT2D eigenvalue weighted by Gasteiger charge is 2.31. The first-order chi connectivity index (χ1) is 8.46. The van der Waals surface area contributed by atoms with E-state index in [-0.39, 0.29) is 11.1 Å². The highest BCUT2D eigenvalue weighted by molar-refractivity contribution is 5.64. The fourth-order valence-electron chi connectivity index (χ4n) is 1.48. The second-order valence-corrected chi connectivity index (χ2v) is 3.47. The average molecular weight is 255 g/mol. The average Bonchev–Trinajstić information content (AvgIpc) is 2.27. The van der Waals surface area contributed by atoms with Gasteiger partial charge in [-0.3, -0.25) is 0 Å². The van der Waals surface area contributed by atoms with E-state index in [1.807, 2.05) is 0 Å². The molecule has 0 fully saturated rings. The van der Waals surface area contributed by atoms with Crippen molar-refractivity contribution in [3.05, 3.63) is 54.3 Å². The first-order valence-electron chi connectivity index (χ1n) is 4.98. The number of ether oxygens (including phenoxy) is 1. The zero-order valence-corrected chi connectivity index (χ0v) is 8.96. The Hall–Kier alpha value is -2.04. The van der Waals surface area contributed by atoms with Crippen LogP contribution in [0.1, 0.15) is 0 Å². The molecule has 1 radical (unpaired) electrons. The molecule has 2 aromatic carbocycles. The van der Waals surface area contributed by atoms with E-state index >= 15 is 0 Å². The lowest BCUT2D eigenvalue weighted by Crippen LogP contribution is -2.17. The SMILES string of the molecule is Fc1ccccc1-c1[c]ccc(OC(F)(F)F)c1. The lowest BCUT2D eigenvalue weighted by Gasteiger charge is -2.10. The molecule has 0 spiro atoms. The summed E-state index contributed by atoms with van der Waals surface area (Å²) in [5.74, 6) is -0.933. The molecule has 0 atom stereocenters. The van der Waals surface area contributed by atoms with Crippen molar-refractivity contribution in [1.29, 1.82) is 0 Å². The van der Waals surface area contributed by atoms with Gasteiger partial charge in [0.05, 0.1) is 0 Å². The van der Waals surface area contributed by atoms with Crippen LogP contribution in [0.2, 0.25) is 0 Å². The molecule has 1 nitrogen and oxygen atoms in total. The first kappa shape index (κ1) is 12.4. The van der Waals surface area contributed by atoms with E-state index in [4.69, 9.17) is 0 Å². The van der Waals surface area contributed by atoms with Crippen molar-refractivity contribution in [2.75, 3.05) is 0 Å².